The van der Waals surface area contributed by atoms with Gasteiger partial charge in [0.25, 0.3) is 0 Å². The number of carboxylic acids is 1. The van der Waals surface area contributed by atoms with Gasteiger partial charge in [0.2, 0.25) is 5.91 Å². The fourth-order valence-electron chi connectivity index (χ4n) is 2.98. The van der Waals surface area contributed by atoms with E-state index in [0.29, 0.717) is 18.9 Å². The van der Waals surface area contributed by atoms with Gasteiger partial charge in [-0.15, -0.1) is 0 Å². The fraction of sp³-hybridized carbons (Fsp3) is 0.857. The summed E-state index contributed by atoms with van der Waals surface area (Å²) in [5.74, 6) is -0.621. The number of carbonyl (C=O) groups is 2. The predicted molar refractivity (Wildman–Crippen MR) is 70.2 cm³/mol. The van der Waals surface area contributed by atoms with E-state index >= 15 is 0 Å². The van der Waals surface area contributed by atoms with Crippen LogP contribution in [-0.2, 0) is 9.59 Å². The van der Waals surface area contributed by atoms with E-state index in [4.69, 9.17) is 0 Å². The maximum atomic E-state index is 12.5. The lowest BCUT2D eigenvalue weighted by Gasteiger charge is -2.35. The maximum Gasteiger partial charge on any atom is 0.329 e. The van der Waals surface area contributed by atoms with E-state index in [-0.39, 0.29) is 11.8 Å². The second-order valence-electron chi connectivity index (χ2n) is 5.54. The summed E-state index contributed by atoms with van der Waals surface area (Å²) in [6, 6.07) is 0. The maximum absolute atomic E-state index is 12.5. The molecule has 1 saturated heterocycles. The normalized spacial score (nSPS) is 25.5. The first kappa shape index (κ1) is 15.0. The average molecular weight is 255 g/mol. The summed E-state index contributed by atoms with van der Waals surface area (Å²) >= 11 is 0. The van der Waals surface area contributed by atoms with Crippen LogP contribution in [0.4, 0.5) is 0 Å². The summed E-state index contributed by atoms with van der Waals surface area (Å²) < 4.78 is 0. The number of hydrogen-bond donors (Lipinski definition) is 1. The van der Waals surface area contributed by atoms with Crippen LogP contribution in [0.3, 0.4) is 0 Å². The lowest BCUT2D eigenvalue weighted by Crippen LogP contribution is -2.53. The lowest BCUT2D eigenvalue weighted by atomic mass is 9.87. The van der Waals surface area contributed by atoms with E-state index in [0.717, 1.165) is 19.3 Å². The Labute approximate surface area is 109 Å². The first-order valence-electron chi connectivity index (χ1n) is 6.93. The SMILES string of the molecule is CCC(CC)C(C)C(=O)N1CCCC1(C)C(=O)O. The van der Waals surface area contributed by atoms with Crippen LogP contribution in [-0.4, -0.2) is 34.0 Å². The number of likely N-dealkylation sites (tertiary alicyclic amines) is 1. The molecular formula is C14H25NO3. The molecule has 104 valence electrons. The smallest absolute Gasteiger partial charge is 0.329 e. The Morgan fingerprint density at radius 1 is 1.33 bits per heavy atom. The quantitative estimate of drug-likeness (QED) is 0.821. The van der Waals surface area contributed by atoms with Crippen LogP contribution >= 0.6 is 0 Å². The standard InChI is InChI=1S/C14H25NO3/c1-5-11(6-2)10(3)12(16)15-9-7-8-14(15,4)13(17)18/h10-11H,5-9H2,1-4H3,(H,17,18). The summed E-state index contributed by atoms with van der Waals surface area (Å²) in [6.07, 6.45) is 3.26. The highest BCUT2D eigenvalue weighted by Gasteiger charge is 2.47. The van der Waals surface area contributed by atoms with E-state index in [2.05, 4.69) is 13.8 Å². The Kier molecular flexibility index (Phi) is 4.77. The molecular weight excluding hydrogens is 230 g/mol. The van der Waals surface area contributed by atoms with Crippen LogP contribution < -0.4 is 0 Å². The molecule has 0 spiro atoms. The van der Waals surface area contributed by atoms with Crippen molar-refractivity contribution in [2.45, 2.75) is 58.9 Å². The summed E-state index contributed by atoms with van der Waals surface area (Å²) in [6.45, 7) is 8.34. The molecule has 1 aliphatic heterocycles. The van der Waals surface area contributed by atoms with E-state index in [1.807, 2.05) is 6.92 Å². The average Bonchev–Trinajstić information content (AvgIpc) is 2.73. The van der Waals surface area contributed by atoms with Gasteiger partial charge < -0.3 is 10.0 Å². The van der Waals surface area contributed by atoms with Crippen LogP contribution in [0, 0.1) is 11.8 Å². The van der Waals surface area contributed by atoms with Crippen molar-refractivity contribution in [3.8, 4) is 0 Å². The number of hydrogen-bond acceptors (Lipinski definition) is 2. The largest absolute Gasteiger partial charge is 0.480 e. The number of carboxylic acid groups (broad SMARTS) is 1. The van der Waals surface area contributed by atoms with E-state index < -0.39 is 11.5 Å². The van der Waals surface area contributed by atoms with Gasteiger partial charge in [-0.05, 0) is 25.7 Å². The van der Waals surface area contributed by atoms with Crippen LogP contribution in [0.2, 0.25) is 0 Å². The topological polar surface area (TPSA) is 57.6 Å². The Bertz CT molecular complexity index is 325. The van der Waals surface area contributed by atoms with Gasteiger partial charge in [-0.2, -0.15) is 0 Å². The molecule has 2 unspecified atom stereocenters. The second-order valence-corrected chi connectivity index (χ2v) is 5.54. The van der Waals surface area contributed by atoms with Crippen molar-refractivity contribution in [3.63, 3.8) is 0 Å². The van der Waals surface area contributed by atoms with Crippen molar-refractivity contribution in [1.82, 2.24) is 4.90 Å². The first-order chi connectivity index (χ1) is 8.38. The molecule has 4 nitrogen and oxygen atoms in total. The van der Waals surface area contributed by atoms with Gasteiger partial charge in [0.15, 0.2) is 0 Å². The van der Waals surface area contributed by atoms with Crippen molar-refractivity contribution < 1.29 is 14.7 Å². The molecule has 1 N–H and O–H groups in total. The third kappa shape index (κ3) is 2.52. The summed E-state index contributed by atoms with van der Waals surface area (Å²) in [7, 11) is 0. The number of nitrogens with zero attached hydrogens (tertiary/aromatic N) is 1. The minimum absolute atomic E-state index is 0.00565. The minimum Gasteiger partial charge on any atom is -0.480 e. The number of amides is 1. The Morgan fingerprint density at radius 2 is 1.89 bits per heavy atom. The molecule has 1 fully saturated rings. The molecule has 0 radical (unpaired) electrons. The summed E-state index contributed by atoms with van der Waals surface area (Å²) in [4.78, 5) is 25.4. The van der Waals surface area contributed by atoms with Gasteiger partial charge in [0.05, 0.1) is 0 Å². The highest BCUT2D eigenvalue weighted by atomic mass is 16.4. The monoisotopic (exact) mass is 255 g/mol. The molecule has 0 bridgehead atoms. The van der Waals surface area contributed by atoms with Crippen LogP contribution in [0.5, 0.6) is 0 Å². The van der Waals surface area contributed by atoms with Crippen molar-refractivity contribution in [3.05, 3.63) is 0 Å². The molecule has 1 aliphatic rings. The number of rotatable bonds is 5. The number of aliphatic carboxylic acids is 1. The van der Waals surface area contributed by atoms with Crippen molar-refractivity contribution >= 4 is 11.9 Å². The van der Waals surface area contributed by atoms with E-state index in [9.17, 15) is 14.7 Å². The molecule has 1 amide bonds. The second kappa shape index (κ2) is 5.72. The van der Waals surface area contributed by atoms with Crippen molar-refractivity contribution in [2.75, 3.05) is 6.54 Å². The zero-order valence-corrected chi connectivity index (χ0v) is 11.9. The van der Waals surface area contributed by atoms with E-state index in [1.54, 1.807) is 11.8 Å². The predicted octanol–water partition coefficient (Wildman–Crippen LogP) is 2.52. The summed E-state index contributed by atoms with van der Waals surface area (Å²) in [5.41, 5.74) is -1.00. The van der Waals surface area contributed by atoms with Gasteiger partial charge in [-0.1, -0.05) is 33.6 Å². The Balaban J connectivity index is 2.86. The van der Waals surface area contributed by atoms with Gasteiger partial charge in [0, 0.05) is 12.5 Å². The minimum atomic E-state index is -1.00. The summed E-state index contributed by atoms with van der Waals surface area (Å²) in [5, 5.41) is 9.33. The molecule has 0 aliphatic carbocycles. The van der Waals surface area contributed by atoms with Gasteiger partial charge in [-0.25, -0.2) is 4.79 Å². The molecule has 0 saturated carbocycles. The first-order valence-corrected chi connectivity index (χ1v) is 6.93. The van der Waals surface area contributed by atoms with Gasteiger partial charge >= 0.3 is 5.97 Å². The molecule has 0 aromatic carbocycles. The van der Waals surface area contributed by atoms with Crippen LogP contribution in [0.25, 0.3) is 0 Å². The van der Waals surface area contributed by atoms with Gasteiger partial charge in [-0.3, -0.25) is 4.79 Å². The molecule has 0 aromatic heterocycles. The van der Waals surface area contributed by atoms with E-state index in [1.165, 1.54) is 0 Å². The third-order valence-electron chi connectivity index (χ3n) is 4.51. The van der Waals surface area contributed by atoms with Crippen molar-refractivity contribution in [2.24, 2.45) is 11.8 Å². The molecule has 1 heterocycles. The molecule has 1 rings (SSSR count). The van der Waals surface area contributed by atoms with Gasteiger partial charge in [0.1, 0.15) is 5.54 Å². The molecule has 4 heteroatoms. The zero-order chi connectivity index (χ0) is 13.9. The van der Waals surface area contributed by atoms with Crippen LogP contribution in [0.15, 0.2) is 0 Å². The van der Waals surface area contributed by atoms with Crippen molar-refractivity contribution in [1.29, 1.82) is 0 Å². The number of carbonyl (C=O) groups excluding carboxylic acids is 1. The fourth-order valence-corrected chi connectivity index (χ4v) is 2.98. The zero-order valence-electron chi connectivity index (χ0n) is 11.9. The highest BCUT2D eigenvalue weighted by Crippen LogP contribution is 2.32. The highest BCUT2D eigenvalue weighted by molar-refractivity contribution is 5.88. The Hall–Kier alpha value is -1.06. The molecule has 0 aromatic rings. The molecule has 18 heavy (non-hydrogen) atoms. The third-order valence-corrected chi connectivity index (χ3v) is 4.51. The Morgan fingerprint density at radius 3 is 2.33 bits per heavy atom. The lowest BCUT2D eigenvalue weighted by molar-refractivity contribution is -0.157. The van der Waals surface area contributed by atoms with Crippen LogP contribution in [0.1, 0.15) is 53.4 Å². The molecule has 2 atom stereocenters.